The molecule has 4 aromatic rings. The molecule has 0 aliphatic carbocycles. The second-order valence-electron chi connectivity index (χ2n) is 7.69. The van der Waals surface area contributed by atoms with Gasteiger partial charge < -0.3 is 9.64 Å². The first-order chi connectivity index (χ1) is 14.8. The number of likely N-dealkylation sites (tertiary alicyclic amines) is 1. The van der Waals surface area contributed by atoms with Crippen LogP contribution in [0.5, 0.6) is 11.5 Å². The molecule has 1 unspecified atom stereocenters. The minimum absolute atomic E-state index is 0.327. The van der Waals surface area contributed by atoms with Crippen LogP contribution in [0.4, 0.5) is 0 Å². The average Bonchev–Trinajstić information content (AvgIpc) is 3.20. The van der Waals surface area contributed by atoms with E-state index < -0.39 is 0 Å². The van der Waals surface area contributed by atoms with Crippen LogP contribution in [0, 0.1) is 0 Å². The van der Waals surface area contributed by atoms with E-state index >= 15 is 0 Å². The molecule has 1 fully saturated rings. The highest BCUT2D eigenvalue weighted by Crippen LogP contribution is 2.33. The van der Waals surface area contributed by atoms with E-state index in [9.17, 15) is 0 Å². The first-order valence-electron chi connectivity index (χ1n) is 10.6. The molecule has 0 bridgehead atoms. The minimum Gasteiger partial charge on any atom is -0.457 e. The van der Waals surface area contributed by atoms with Gasteiger partial charge in [0.05, 0.1) is 11.4 Å². The molecule has 152 valence electrons. The quantitative estimate of drug-likeness (QED) is 0.476. The summed E-state index contributed by atoms with van der Waals surface area (Å²) in [5.41, 5.74) is 2.81. The van der Waals surface area contributed by atoms with Gasteiger partial charge in [0.15, 0.2) is 5.65 Å². The van der Waals surface area contributed by atoms with Crippen molar-refractivity contribution in [3.63, 3.8) is 0 Å². The lowest BCUT2D eigenvalue weighted by molar-refractivity contribution is 0.180. The Labute approximate surface area is 176 Å². The summed E-state index contributed by atoms with van der Waals surface area (Å²) in [5.74, 6) is 1.60. The largest absolute Gasteiger partial charge is 0.457 e. The summed E-state index contributed by atoms with van der Waals surface area (Å²) in [7, 11) is 0. The van der Waals surface area contributed by atoms with E-state index in [4.69, 9.17) is 9.84 Å². The Morgan fingerprint density at radius 3 is 2.80 bits per heavy atom. The summed E-state index contributed by atoms with van der Waals surface area (Å²) in [6.45, 7) is 5.45. The number of rotatable bonds is 5. The average molecular weight is 399 g/mol. The van der Waals surface area contributed by atoms with Gasteiger partial charge in [-0.05, 0) is 50.2 Å². The Morgan fingerprint density at radius 1 is 1.07 bits per heavy atom. The SMILES string of the molecule is CCN1CCCC(n2nc(-c3cccc(Oc4ccccc4)c3)c3cncnc32)C1. The molecule has 1 saturated heterocycles. The Hall–Kier alpha value is -3.25. The second-order valence-corrected chi connectivity index (χ2v) is 7.69. The van der Waals surface area contributed by atoms with Crippen molar-refractivity contribution < 1.29 is 4.74 Å². The van der Waals surface area contributed by atoms with E-state index in [0.717, 1.165) is 59.8 Å². The maximum absolute atomic E-state index is 6.03. The van der Waals surface area contributed by atoms with Crippen molar-refractivity contribution >= 4 is 11.0 Å². The molecule has 1 aliphatic rings. The summed E-state index contributed by atoms with van der Waals surface area (Å²) in [6, 6.07) is 18.2. The van der Waals surface area contributed by atoms with E-state index in [1.807, 2.05) is 54.7 Å². The lowest BCUT2D eigenvalue weighted by Gasteiger charge is -2.31. The van der Waals surface area contributed by atoms with Gasteiger partial charge in [0, 0.05) is 18.3 Å². The maximum atomic E-state index is 6.03. The number of para-hydroxylation sites is 1. The fourth-order valence-corrected chi connectivity index (χ4v) is 4.20. The van der Waals surface area contributed by atoms with E-state index in [0.29, 0.717) is 6.04 Å². The molecular formula is C24H25N5O. The van der Waals surface area contributed by atoms with E-state index in [1.165, 1.54) is 6.42 Å². The topological polar surface area (TPSA) is 56.1 Å². The van der Waals surface area contributed by atoms with Crippen LogP contribution in [0.2, 0.25) is 0 Å². The van der Waals surface area contributed by atoms with E-state index in [1.54, 1.807) is 6.33 Å². The summed E-state index contributed by atoms with van der Waals surface area (Å²) >= 11 is 0. The molecule has 2 aromatic carbocycles. The first-order valence-corrected chi connectivity index (χ1v) is 10.6. The second kappa shape index (κ2) is 8.24. The molecule has 0 spiro atoms. The first kappa shape index (κ1) is 18.8. The zero-order chi connectivity index (χ0) is 20.3. The standard InChI is InChI=1S/C24H25N5O/c1-2-28-13-7-9-19(16-28)29-24-22(15-25-17-26-24)23(27-29)18-8-6-12-21(14-18)30-20-10-4-3-5-11-20/h3-6,8,10-12,14-15,17,19H,2,7,9,13,16H2,1H3. The fourth-order valence-electron chi connectivity index (χ4n) is 4.20. The Bertz CT molecular complexity index is 1140. The fraction of sp³-hybridized carbons (Fsp3) is 0.292. The maximum Gasteiger partial charge on any atom is 0.162 e. The molecule has 30 heavy (non-hydrogen) atoms. The number of fused-ring (bicyclic) bond motifs is 1. The van der Waals surface area contributed by atoms with Gasteiger partial charge in [0.25, 0.3) is 0 Å². The van der Waals surface area contributed by atoms with Crippen LogP contribution < -0.4 is 4.74 Å². The zero-order valence-electron chi connectivity index (χ0n) is 17.1. The number of aromatic nitrogens is 4. The van der Waals surface area contributed by atoms with Gasteiger partial charge in [0.1, 0.15) is 23.5 Å². The molecule has 1 atom stereocenters. The van der Waals surface area contributed by atoms with E-state index in [2.05, 4.69) is 32.5 Å². The van der Waals surface area contributed by atoms with Crippen LogP contribution in [0.3, 0.4) is 0 Å². The molecule has 6 heteroatoms. The van der Waals surface area contributed by atoms with Crippen molar-refractivity contribution in [1.82, 2.24) is 24.6 Å². The van der Waals surface area contributed by atoms with Gasteiger partial charge in [-0.2, -0.15) is 5.10 Å². The van der Waals surface area contributed by atoms with Gasteiger partial charge in [0.2, 0.25) is 0 Å². The Balaban J connectivity index is 1.53. The van der Waals surface area contributed by atoms with Crippen LogP contribution in [0.1, 0.15) is 25.8 Å². The molecule has 6 nitrogen and oxygen atoms in total. The highest BCUT2D eigenvalue weighted by Gasteiger charge is 2.25. The number of benzene rings is 2. The third-order valence-corrected chi connectivity index (χ3v) is 5.73. The van der Waals surface area contributed by atoms with Crippen LogP contribution in [-0.2, 0) is 0 Å². The van der Waals surface area contributed by atoms with Crippen molar-refractivity contribution in [2.45, 2.75) is 25.8 Å². The normalized spacial score (nSPS) is 17.3. The van der Waals surface area contributed by atoms with Crippen molar-refractivity contribution in [3.8, 4) is 22.8 Å². The van der Waals surface area contributed by atoms with Crippen LogP contribution in [0.15, 0.2) is 67.1 Å². The summed E-state index contributed by atoms with van der Waals surface area (Å²) < 4.78 is 8.14. The van der Waals surface area contributed by atoms with Gasteiger partial charge in [-0.1, -0.05) is 37.3 Å². The van der Waals surface area contributed by atoms with Crippen molar-refractivity contribution in [1.29, 1.82) is 0 Å². The molecule has 0 radical (unpaired) electrons. The lowest BCUT2D eigenvalue weighted by atomic mass is 10.1. The van der Waals surface area contributed by atoms with Gasteiger partial charge >= 0.3 is 0 Å². The number of piperidine rings is 1. The predicted octanol–water partition coefficient (Wildman–Crippen LogP) is 4.94. The van der Waals surface area contributed by atoms with Gasteiger partial charge in [-0.3, -0.25) is 0 Å². The summed E-state index contributed by atoms with van der Waals surface area (Å²) in [4.78, 5) is 11.3. The molecule has 0 saturated carbocycles. The number of ether oxygens (including phenoxy) is 1. The van der Waals surface area contributed by atoms with Crippen LogP contribution in [-0.4, -0.2) is 44.3 Å². The molecule has 3 heterocycles. The molecule has 2 aromatic heterocycles. The highest BCUT2D eigenvalue weighted by molar-refractivity contribution is 5.90. The molecule has 5 rings (SSSR count). The zero-order valence-corrected chi connectivity index (χ0v) is 17.1. The molecule has 0 N–H and O–H groups in total. The van der Waals surface area contributed by atoms with Crippen molar-refractivity contribution in [2.24, 2.45) is 0 Å². The summed E-state index contributed by atoms with van der Waals surface area (Å²) in [6.07, 6.45) is 5.78. The summed E-state index contributed by atoms with van der Waals surface area (Å²) in [5, 5.41) is 6.01. The van der Waals surface area contributed by atoms with Crippen LogP contribution in [0.25, 0.3) is 22.3 Å². The third-order valence-electron chi connectivity index (χ3n) is 5.73. The van der Waals surface area contributed by atoms with Gasteiger partial charge in [-0.15, -0.1) is 0 Å². The molecule has 1 aliphatic heterocycles. The minimum atomic E-state index is 0.327. The Morgan fingerprint density at radius 2 is 1.93 bits per heavy atom. The number of hydrogen-bond donors (Lipinski definition) is 0. The molecular weight excluding hydrogens is 374 g/mol. The molecule has 0 amide bonds. The number of nitrogens with zero attached hydrogens (tertiary/aromatic N) is 5. The number of hydrogen-bond acceptors (Lipinski definition) is 5. The van der Waals surface area contributed by atoms with Crippen LogP contribution >= 0.6 is 0 Å². The lowest BCUT2D eigenvalue weighted by Crippen LogP contribution is -2.36. The predicted molar refractivity (Wildman–Crippen MR) is 118 cm³/mol. The highest BCUT2D eigenvalue weighted by atomic mass is 16.5. The van der Waals surface area contributed by atoms with Crippen molar-refractivity contribution in [2.75, 3.05) is 19.6 Å². The number of likely N-dealkylation sites (N-methyl/N-ethyl adjacent to an activating group) is 1. The smallest absolute Gasteiger partial charge is 0.162 e. The van der Waals surface area contributed by atoms with Gasteiger partial charge in [-0.25, -0.2) is 14.6 Å². The Kier molecular flexibility index (Phi) is 5.15. The monoisotopic (exact) mass is 399 g/mol. The third kappa shape index (κ3) is 3.66. The van der Waals surface area contributed by atoms with Crippen molar-refractivity contribution in [3.05, 3.63) is 67.1 Å². The van der Waals surface area contributed by atoms with E-state index in [-0.39, 0.29) is 0 Å².